The first kappa shape index (κ1) is 22.0. The number of carbonyl (C=O) groups excluding carboxylic acids is 1. The topological polar surface area (TPSA) is 55.8 Å². The van der Waals surface area contributed by atoms with Crippen LogP contribution in [-0.4, -0.2) is 60.1 Å². The summed E-state index contributed by atoms with van der Waals surface area (Å²) >= 11 is 0. The molecule has 2 N–H and O–H groups in total. The molecule has 1 fully saturated rings. The van der Waals surface area contributed by atoms with Crippen LogP contribution in [0, 0.1) is 5.41 Å². The number of hydrogen-bond acceptors (Lipinski definition) is 4. The maximum atomic E-state index is 13.1. The van der Waals surface area contributed by atoms with E-state index in [2.05, 4.69) is 63.6 Å². The number of rotatable bonds is 9. The predicted octanol–water partition coefficient (Wildman–Crippen LogP) is 2.83. The average molecular weight is 422 g/mol. The van der Waals surface area contributed by atoms with Crippen LogP contribution in [-0.2, 0) is 24.3 Å². The first-order valence-corrected chi connectivity index (χ1v) is 11.6. The maximum absolute atomic E-state index is 13.1. The standard InChI is InChI=1S/C26H35N3O2/c30-18-13-26(12-17-29(21-26)19-22-7-2-1-3-8-22)25(31)27-14-6-15-28-16-11-23-9-4-5-10-24(23)20-28/h1-5,7-10,30H,6,11-21H2,(H,27,31). The smallest absolute Gasteiger partial charge is 0.227 e. The van der Waals surface area contributed by atoms with Crippen molar-refractivity contribution in [1.82, 2.24) is 15.1 Å². The molecule has 166 valence electrons. The van der Waals surface area contributed by atoms with Gasteiger partial charge in [0.25, 0.3) is 0 Å². The largest absolute Gasteiger partial charge is 0.396 e. The number of amides is 1. The quantitative estimate of drug-likeness (QED) is 0.612. The van der Waals surface area contributed by atoms with E-state index in [1.807, 2.05) is 6.07 Å². The fourth-order valence-corrected chi connectivity index (χ4v) is 5.09. The molecule has 1 saturated heterocycles. The molecule has 1 atom stereocenters. The summed E-state index contributed by atoms with van der Waals surface area (Å²) in [5, 5.41) is 12.8. The van der Waals surface area contributed by atoms with Crippen LogP contribution in [0.5, 0.6) is 0 Å². The molecule has 0 aromatic heterocycles. The molecule has 1 amide bonds. The lowest BCUT2D eigenvalue weighted by molar-refractivity contribution is -0.131. The monoisotopic (exact) mass is 421 g/mol. The van der Waals surface area contributed by atoms with Crippen LogP contribution < -0.4 is 5.32 Å². The Bertz CT molecular complexity index is 857. The Labute approximate surface area is 186 Å². The summed E-state index contributed by atoms with van der Waals surface area (Å²) in [6.45, 7) is 6.33. The highest BCUT2D eigenvalue weighted by atomic mass is 16.3. The molecule has 2 aromatic rings. The minimum atomic E-state index is -0.465. The Kier molecular flexibility index (Phi) is 7.38. The molecule has 2 aliphatic rings. The summed E-state index contributed by atoms with van der Waals surface area (Å²) < 4.78 is 0. The summed E-state index contributed by atoms with van der Waals surface area (Å²) in [6, 6.07) is 19.1. The Morgan fingerprint density at radius 1 is 1.00 bits per heavy atom. The van der Waals surface area contributed by atoms with Crippen LogP contribution in [0.25, 0.3) is 0 Å². The van der Waals surface area contributed by atoms with Gasteiger partial charge in [-0.05, 0) is 48.9 Å². The normalized spacial score (nSPS) is 21.7. The molecule has 0 radical (unpaired) electrons. The van der Waals surface area contributed by atoms with Crippen LogP contribution in [0.1, 0.15) is 36.0 Å². The molecule has 4 rings (SSSR count). The van der Waals surface area contributed by atoms with Crippen molar-refractivity contribution in [2.24, 2.45) is 5.41 Å². The zero-order valence-electron chi connectivity index (χ0n) is 18.4. The molecule has 2 aliphatic heterocycles. The van der Waals surface area contributed by atoms with Gasteiger partial charge in [-0.2, -0.15) is 0 Å². The molecule has 31 heavy (non-hydrogen) atoms. The summed E-state index contributed by atoms with van der Waals surface area (Å²) in [7, 11) is 0. The van der Waals surface area contributed by atoms with Gasteiger partial charge in [-0.25, -0.2) is 0 Å². The molecular formula is C26H35N3O2. The summed E-state index contributed by atoms with van der Waals surface area (Å²) in [4.78, 5) is 17.9. The molecular weight excluding hydrogens is 386 g/mol. The van der Waals surface area contributed by atoms with Crippen molar-refractivity contribution in [3.63, 3.8) is 0 Å². The summed E-state index contributed by atoms with van der Waals surface area (Å²) in [5.41, 5.74) is 3.71. The Morgan fingerprint density at radius 3 is 2.58 bits per heavy atom. The Hall–Kier alpha value is -2.21. The predicted molar refractivity (Wildman–Crippen MR) is 124 cm³/mol. The van der Waals surface area contributed by atoms with Crippen molar-refractivity contribution in [1.29, 1.82) is 0 Å². The lowest BCUT2D eigenvalue weighted by atomic mass is 9.82. The molecule has 0 spiro atoms. The molecule has 1 unspecified atom stereocenters. The van der Waals surface area contributed by atoms with Crippen LogP contribution >= 0.6 is 0 Å². The van der Waals surface area contributed by atoms with Gasteiger partial charge in [-0.1, -0.05) is 54.6 Å². The van der Waals surface area contributed by atoms with Crippen molar-refractivity contribution < 1.29 is 9.90 Å². The van der Waals surface area contributed by atoms with E-state index in [0.717, 1.165) is 58.5 Å². The third-order valence-corrected chi connectivity index (χ3v) is 6.90. The summed E-state index contributed by atoms with van der Waals surface area (Å²) in [6.07, 6.45) is 3.42. The lowest BCUT2D eigenvalue weighted by Gasteiger charge is -2.30. The number of benzene rings is 2. The van der Waals surface area contributed by atoms with Gasteiger partial charge in [0.05, 0.1) is 5.41 Å². The van der Waals surface area contributed by atoms with Gasteiger partial charge < -0.3 is 10.4 Å². The van der Waals surface area contributed by atoms with Gasteiger partial charge >= 0.3 is 0 Å². The molecule has 0 saturated carbocycles. The highest BCUT2D eigenvalue weighted by Crippen LogP contribution is 2.35. The number of nitrogens with one attached hydrogen (secondary N) is 1. The van der Waals surface area contributed by atoms with Crippen molar-refractivity contribution in [3.05, 3.63) is 71.3 Å². The van der Waals surface area contributed by atoms with Crippen LogP contribution in [0.2, 0.25) is 0 Å². The van der Waals surface area contributed by atoms with Gasteiger partial charge in [0.15, 0.2) is 0 Å². The van der Waals surface area contributed by atoms with E-state index in [0.29, 0.717) is 13.0 Å². The third-order valence-electron chi connectivity index (χ3n) is 6.90. The van der Waals surface area contributed by atoms with E-state index >= 15 is 0 Å². The lowest BCUT2D eigenvalue weighted by Crippen LogP contribution is -2.44. The van der Waals surface area contributed by atoms with Crippen molar-refractivity contribution >= 4 is 5.91 Å². The summed E-state index contributed by atoms with van der Waals surface area (Å²) in [5.74, 6) is 0.112. The van der Waals surface area contributed by atoms with E-state index in [4.69, 9.17) is 0 Å². The number of hydrogen-bond donors (Lipinski definition) is 2. The third kappa shape index (κ3) is 5.53. The van der Waals surface area contributed by atoms with E-state index in [-0.39, 0.29) is 12.5 Å². The van der Waals surface area contributed by atoms with Crippen LogP contribution in [0.15, 0.2) is 54.6 Å². The van der Waals surface area contributed by atoms with E-state index in [9.17, 15) is 9.90 Å². The van der Waals surface area contributed by atoms with Crippen molar-refractivity contribution in [2.75, 3.05) is 39.3 Å². The van der Waals surface area contributed by atoms with Gasteiger partial charge in [0.1, 0.15) is 0 Å². The SMILES string of the molecule is O=C(NCCCN1CCc2ccccc2C1)C1(CCO)CCN(Cc2ccccc2)C1. The van der Waals surface area contributed by atoms with Crippen molar-refractivity contribution in [2.45, 2.75) is 38.8 Å². The molecule has 5 nitrogen and oxygen atoms in total. The Balaban J connectivity index is 1.24. The molecule has 2 heterocycles. The number of aliphatic hydroxyl groups excluding tert-OH is 1. The Morgan fingerprint density at radius 2 is 1.77 bits per heavy atom. The first-order valence-electron chi connectivity index (χ1n) is 11.6. The minimum absolute atomic E-state index is 0.0553. The average Bonchev–Trinajstić information content (AvgIpc) is 3.21. The zero-order valence-corrected chi connectivity index (χ0v) is 18.4. The zero-order chi connectivity index (χ0) is 21.5. The number of fused-ring (bicyclic) bond motifs is 1. The molecule has 2 aromatic carbocycles. The number of carbonyl (C=O) groups is 1. The fraction of sp³-hybridized carbons (Fsp3) is 0.500. The second kappa shape index (κ2) is 10.4. The highest BCUT2D eigenvalue weighted by Gasteiger charge is 2.43. The van der Waals surface area contributed by atoms with E-state index in [1.165, 1.54) is 16.7 Å². The van der Waals surface area contributed by atoms with E-state index < -0.39 is 5.41 Å². The van der Waals surface area contributed by atoms with Gasteiger partial charge in [-0.15, -0.1) is 0 Å². The minimum Gasteiger partial charge on any atom is -0.396 e. The number of likely N-dealkylation sites (tertiary alicyclic amines) is 1. The van der Waals surface area contributed by atoms with Gasteiger partial charge in [-0.3, -0.25) is 14.6 Å². The highest BCUT2D eigenvalue weighted by molar-refractivity contribution is 5.83. The molecule has 5 heteroatoms. The van der Waals surface area contributed by atoms with Gasteiger partial charge in [0.2, 0.25) is 5.91 Å². The fourth-order valence-electron chi connectivity index (χ4n) is 5.09. The van der Waals surface area contributed by atoms with Crippen LogP contribution in [0.4, 0.5) is 0 Å². The van der Waals surface area contributed by atoms with Crippen molar-refractivity contribution in [3.8, 4) is 0 Å². The van der Waals surface area contributed by atoms with Gasteiger partial charge in [0, 0.05) is 45.9 Å². The second-order valence-corrected chi connectivity index (χ2v) is 9.10. The van der Waals surface area contributed by atoms with E-state index in [1.54, 1.807) is 0 Å². The number of nitrogens with zero attached hydrogens (tertiary/aromatic N) is 2. The first-order chi connectivity index (χ1) is 15.2. The maximum Gasteiger partial charge on any atom is 0.227 e. The second-order valence-electron chi connectivity index (χ2n) is 9.10. The van der Waals surface area contributed by atoms with Crippen LogP contribution in [0.3, 0.4) is 0 Å². The molecule has 0 bridgehead atoms. The number of aliphatic hydroxyl groups is 1. The molecule has 0 aliphatic carbocycles.